The third kappa shape index (κ3) is 1.28. The van der Waals surface area contributed by atoms with E-state index in [1.807, 2.05) is 27.1 Å². The Balaban J connectivity index is 2.68. The minimum atomic E-state index is 0.940. The van der Waals surface area contributed by atoms with Gasteiger partial charge >= 0.3 is 0 Å². The molecular weight excluding hydrogens is 176 g/mol. The molecule has 4 nitrogen and oxygen atoms in total. The Morgan fingerprint density at radius 2 is 1.79 bits per heavy atom. The van der Waals surface area contributed by atoms with Crippen LogP contribution in [0, 0.1) is 6.92 Å². The standard InChI is InChI=1S/C10H14N4/c1-6-13-9-4-7(11-2)8(12-3)5-10(9)14-6/h4-5,11-12H,1-3H3,(H,13,14). The molecule has 0 aliphatic heterocycles. The fraction of sp³-hybridized carbons (Fsp3) is 0.300. The Morgan fingerprint density at radius 3 is 2.43 bits per heavy atom. The van der Waals surface area contributed by atoms with E-state index in [9.17, 15) is 0 Å². The van der Waals surface area contributed by atoms with Crippen molar-refractivity contribution in [3.05, 3.63) is 18.0 Å². The van der Waals surface area contributed by atoms with E-state index in [4.69, 9.17) is 0 Å². The summed E-state index contributed by atoms with van der Waals surface area (Å²) in [4.78, 5) is 7.58. The molecule has 2 rings (SSSR count). The van der Waals surface area contributed by atoms with Gasteiger partial charge in [-0.3, -0.25) is 0 Å². The third-order valence-electron chi connectivity index (χ3n) is 2.28. The molecule has 0 aliphatic rings. The van der Waals surface area contributed by atoms with Gasteiger partial charge in [0.05, 0.1) is 22.4 Å². The molecule has 0 spiro atoms. The van der Waals surface area contributed by atoms with Crippen LogP contribution in [0.3, 0.4) is 0 Å². The van der Waals surface area contributed by atoms with Gasteiger partial charge in [0.2, 0.25) is 0 Å². The molecule has 1 aromatic carbocycles. The van der Waals surface area contributed by atoms with E-state index >= 15 is 0 Å². The molecule has 0 saturated carbocycles. The number of rotatable bonds is 2. The van der Waals surface area contributed by atoms with Crippen LogP contribution in [-0.4, -0.2) is 24.1 Å². The predicted molar refractivity (Wildman–Crippen MR) is 59.9 cm³/mol. The van der Waals surface area contributed by atoms with Crippen LogP contribution < -0.4 is 10.6 Å². The van der Waals surface area contributed by atoms with Crippen molar-refractivity contribution in [2.24, 2.45) is 0 Å². The summed E-state index contributed by atoms with van der Waals surface area (Å²) in [6.07, 6.45) is 0. The van der Waals surface area contributed by atoms with Gasteiger partial charge in [0, 0.05) is 14.1 Å². The van der Waals surface area contributed by atoms with Crippen LogP contribution in [0.1, 0.15) is 5.82 Å². The van der Waals surface area contributed by atoms with Crippen molar-refractivity contribution in [1.29, 1.82) is 0 Å². The molecule has 0 radical (unpaired) electrons. The fourth-order valence-electron chi connectivity index (χ4n) is 1.60. The van der Waals surface area contributed by atoms with Gasteiger partial charge in [0.25, 0.3) is 0 Å². The number of aromatic nitrogens is 2. The second kappa shape index (κ2) is 3.21. The van der Waals surface area contributed by atoms with Gasteiger partial charge in [0.15, 0.2) is 0 Å². The van der Waals surface area contributed by atoms with E-state index in [0.717, 1.165) is 28.2 Å². The highest BCUT2D eigenvalue weighted by molar-refractivity contribution is 5.87. The zero-order valence-electron chi connectivity index (χ0n) is 8.60. The summed E-state index contributed by atoms with van der Waals surface area (Å²) < 4.78 is 0. The van der Waals surface area contributed by atoms with Crippen molar-refractivity contribution in [3.8, 4) is 0 Å². The van der Waals surface area contributed by atoms with Gasteiger partial charge in [-0.15, -0.1) is 0 Å². The predicted octanol–water partition coefficient (Wildman–Crippen LogP) is 1.95. The number of imidazole rings is 1. The van der Waals surface area contributed by atoms with Gasteiger partial charge in [-0.25, -0.2) is 4.98 Å². The molecule has 2 aromatic rings. The molecule has 0 unspecified atom stereocenters. The van der Waals surface area contributed by atoms with Gasteiger partial charge in [0.1, 0.15) is 5.82 Å². The second-order valence-corrected chi connectivity index (χ2v) is 3.24. The monoisotopic (exact) mass is 190 g/mol. The molecular formula is C10H14N4. The average molecular weight is 190 g/mol. The number of fused-ring (bicyclic) bond motifs is 1. The normalized spacial score (nSPS) is 10.5. The van der Waals surface area contributed by atoms with Gasteiger partial charge < -0.3 is 15.6 Å². The summed E-state index contributed by atoms with van der Waals surface area (Å²) in [6, 6.07) is 4.09. The van der Waals surface area contributed by atoms with Gasteiger partial charge in [-0.05, 0) is 19.1 Å². The highest BCUT2D eigenvalue weighted by Crippen LogP contribution is 2.26. The van der Waals surface area contributed by atoms with Gasteiger partial charge in [-0.2, -0.15) is 0 Å². The third-order valence-corrected chi connectivity index (χ3v) is 2.28. The number of aryl methyl sites for hydroxylation is 1. The van der Waals surface area contributed by atoms with E-state index in [1.54, 1.807) is 0 Å². The molecule has 0 amide bonds. The summed E-state index contributed by atoms with van der Waals surface area (Å²) in [6.45, 7) is 1.96. The number of hydrogen-bond donors (Lipinski definition) is 3. The minimum Gasteiger partial charge on any atom is -0.386 e. The average Bonchev–Trinajstić information content (AvgIpc) is 2.54. The zero-order valence-corrected chi connectivity index (χ0v) is 8.60. The molecule has 0 saturated heterocycles. The summed E-state index contributed by atoms with van der Waals surface area (Å²) >= 11 is 0. The van der Waals surface area contributed by atoms with E-state index in [0.29, 0.717) is 0 Å². The number of aromatic amines is 1. The number of H-pyrrole nitrogens is 1. The van der Waals surface area contributed by atoms with Crippen LogP contribution in [-0.2, 0) is 0 Å². The van der Waals surface area contributed by atoms with Crippen LogP contribution in [0.5, 0.6) is 0 Å². The lowest BCUT2D eigenvalue weighted by Crippen LogP contribution is -1.96. The van der Waals surface area contributed by atoms with E-state index < -0.39 is 0 Å². The quantitative estimate of drug-likeness (QED) is 0.678. The number of nitrogens with zero attached hydrogens (tertiary/aromatic N) is 1. The maximum absolute atomic E-state index is 4.37. The Morgan fingerprint density at radius 1 is 1.14 bits per heavy atom. The van der Waals surface area contributed by atoms with Crippen LogP contribution >= 0.6 is 0 Å². The Bertz CT molecular complexity index is 417. The molecule has 3 N–H and O–H groups in total. The first-order valence-corrected chi connectivity index (χ1v) is 4.60. The minimum absolute atomic E-state index is 0.940. The van der Waals surface area contributed by atoms with Crippen molar-refractivity contribution >= 4 is 22.4 Å². The lowest BCUT2D eigenvalue weighted by molar-refractivity contribution is 1.17. The first-order valence-electron chi connectivity index (χ1n) is 4.60. The van der Waals surface area contributed by atoms with Crippen molar-refractivity contribution in [2.75, 3.05) is 24.7 Å². The summed E-state index contributed by atoms with van der Waals surface area (Å²) in [5.41, 5.74) is 4.19. The van der Waals surface area contributed by atoms with Crippen LogP contribution in [0.4, 0.5) is 11.4 Å². The molecule has 74 valence electrons. The lowest BCUT2D eigenvalue weighted by atomic mass is 10.2. The smallest absolute Gasteiger partial charge is 0.104 e. The molecule has 1 aromatic heterocycles. The van der Waals surface area contributed by atoms with E-state index in [-0.39, 0.29) is 0 Å². The maximum Gasteiger partial charge on any atom is 0.104 e. The SMILES string of the molecule is CNc1cc2nc(C)[nH]c2cc1NC. The van der Waals surface area contributed by atoms with Crippen molar-refractivity contribution in [3.63, 3.8) is 0 Å². The highest BCUT2D eigenvalue weighted by Gasteiger charge is 2.04. The second-order valence-electron chi connectivity index (χ2n) is 3.24. The Kier molecular flexibility index (Phi) is 2.04. The van der Waals surface area contributed by atoms with Crippen LogP contribution in [0.2, 0.25) is 0 Å². The maximum atomic E-state index is 4.37. The van der Waals surface area contributed by atoms with E-state index in [2.05, 4.69) is 26.7 Å². The number of nitrogens with one attached hydrogen (secondary N) is 3. The first-order chi connectivity index (χ1) is 6.74. The summed E-state index contributed by atoms with van der Waals surface area (Å²) in [5, 5.41) is 6.27. The molecule has 0 atom stereocenters. The molecule has 4 heteroatoms. The molecule has 0 aliphatic carbocycles. The molecule has 0 bridgehead atoms. The largest absolute Gasteiger partial charge is 0.386 e. The molecule has 0 fully saturated rings. The highest BCUT2D eigenvalue weighted by atomic mass is 14.9. The van der Waals surface area contributed by atoms with Crippen molar-refractivity contribution in [1.82, 2.24) is 9.97 Å². The molecule has 1 heterocycles. The fourth-order valence-corrected chi connectivity index (χ4v) is 1.60. The Labute approximate surface area is 82.7 Å². The molecule has 14 heavy (non-hydrogen) atoms. The summed E-state index contributed by atoms with van der Waals surface area (Å²) in [7, 11) is 3.81. The van der Waals surface area contributed by atoms with Crippen LogP contribution in [0.25, 0.3) is 11.0 Å². The topological polar surface area (TPSA) is 52.7 Å². The first kappa shape index (κ1) is 8.87. The summed E-state index contributed by atoms with van der Waals surface area (Å²) in [5.74, 6) is 0.940. The van der Waals surface area contributed by atoms with Crippen molar-refractivity contribution < 1.29 is 0 Å². The van der Waals surface area contributed by atoms with Crippen LogP contribution in [0.15, 0.2) is 12.1 Å². The lowest BCUT2D eigenvalue weighted by Gasteiger charge is -2.07. The number of benzene rings is 1. The number of hydrogen-bond acceptors (Lipinski definition) is 3. The zero-order chi connectivity index (χ0) is 10.1. The van der Waals surface area contributed by atoms with Gasteiger partial charge in [-0.1, -0.05) is 0 Å². The van der Waals surface area contributed by atoms with E-state index in [1.165, 1.54) is 0 Å². The Hall–Kier alpha value is -1.71. The van der Waals surface area contributed by atoms with Crippen molar-refractivity contribution in [2.45, 2.75) is 6.92 Å². The number of anilines is 2.